The van der Waals surface area contributed by atoms with Crippen LogP contribution in [0.3, 0.4) is 0 Å². The van der Waals surface area contributed by atoms with Gasteiger partial charge in [-0.05, 0) is 12.8 Å². The molecule has 2 aromatic rings. The minimum Gasteiger partial charge on any atom is -0.381 e. The lowest BCUT2D eigenvalue weighted by Gasteiger charge is -2.02. The first-order chi connectivity index (χ1) is 7.34. The fourth-order valence-corrected chi connectivity index (χ4v) is 2.28. The lowest BCUT2D eigenvalue weighted by atomic mass is 10.3. The van der Waals surface area contributed by atoms with E-state index in [2.05, 4.69) is 15.3 Å². The summed E-state index contributed by atoms with van der Waals surface area (Å²) in [4.78, 5) is 4.23. The van der Waals surface area contributed by atoms with E-state index in [4.69, 9.17) is 5.73 Å². The van der Waals surface area contributed by atoms with Crippen LogP contribution in [0.1, 0.15) is 29.5 Å². The van der Waals surface area contributed by atoms with Crippen LogP contribution in [0.15, 0.2) is 11.6 Å². The van der Waals surface area contributed by atoms with Gasteiger partial charge in [0.15, 0.2) is 5.82 Å². The average molecular weight is 221 g/mol. The highest BCUT2D eigenvalue weighted by atomic mass is 32.1. The molecule has 15 heavy (non-hydrogen) atoms. The molecule has 0 saturated heterocycles. The van der Waals surface area contributed by atoms with Crippen molar-refractivity contribution in [3.05, 3.63) is 22.3 Å². The number of thiazole rings is 1. The molecule has 0 unspecified atom stereocenters. The molecule has 0 amide bonds. The van der Waals surface area contributed by atoms with Crippen molar-refractivity contribution in [3.63, 3.8) is 0 Å². The van der Waals surface area contributed by atoms with Gasteiger partial charge in [-0.25, -0.2) is 9.67 Å². The standard InChI is InChI=1S/C9H11N5S/c10-9-8(6-1-2-6)14(13-12-9)5-7-11-3-4-15-7/h3-4,6H,1-2,5,10H2. The van der Waals surface area contributed by atoms with Gasteiger partial charge in [0.25, 0.3) is 0 Å². The van der Waals surface area contributed by atoms with Gasteiger partial charge in [-0.15, -0.1) is 16.4 Å². The summed E-state index contributed by atoms with van der Waals surface area (Å²) in [5.74, 6) is 1.15. The highest BCUT2D eigenvalue weighted by Crippen LogP contribution is 2.42. The van der Waals surface area contributed by atoms with E-state index in [0.717, 1.165) is 10.7 Å². The summed E-state index contributed by atoms with van der Waals surface area (Å²) in [6, 6.07) is 0. The van der Waals surface area contributed by atoms with Gasteiger partial charge in [-0.1, -0.05) is 5.21 Å². The summed E-state index contributed by atoms with van der Waals surface area (Å²) in [6.45, 7) is 0.688. The Hall–Kier alpha value is -1.43. The van der Waals surface area contributed by atoms with E-state index in [1.54, 1.807) is 17.5 Å². The first-order valence-electron chi connectivity index (χ1n) is 4.92. The second kappa shape index (κ2) is 3.30. The summed E-state index contributed by atoms with van der Waals surface area (Å²) in [5.41, 5.74) is 6.89. The number of aromatic nitrogens is 4. The van der Waals surface area contributed by atoms with Gasteiger partial charge in [0.1, 0.15) is 5.01 Å². The molecule has 2 N–H and O–H groups in total. The van der Waals surface area contributed by atoms with Crippen molar-refractivity contribution < 1.29 is 0 Å². The van der Waals surface area contributed by atoms with Gasteiger partial charge in [0.2, 0.25) is 0 Å². The van der Waals surface area contributed by atoms with Crippen LogP contribution in [-0.2, 0) is 6.54 Å². The molecule has 0 aliphatic heterocycles. The van der Waals surface area contributed by atoms with Crippen molar-refractivity contribution in [2.75, 3.05) is 5.73 Å². The van der Waals surface area contributed by atoms with Crippen LogP contribution in [-0.4, -0.2) is 20.0 Å². The molecular formula is C9H11N5S. The van der Waals surface area contributed by atoms with Crippen LogP contribution < -0.4 is 5.73 Å². The molecule has 1 saturated carbocycles. The van der Waals surface area contributed by atoms with Crippen LogP contribution in [0.4, 0.5) is 5.82 Å². The van der Waals surface area contributed by atoms with Crippen LogP contribution in [0.2, 0.25) is 0 Å². The molecule has 0 radical (unpaired) electrons. The lowest BCUT2D eigenvalue weighted by molar-refractivity contribution is 0.617. The van der Waals surface area contributed by atoms with Crippen LogP contribution in [0.5, 0.6) is 0 Å². The Kier molecular flexibility index (Phi) is 1.95. The number of hydrogen-bond donors (Lipinski definition) is 1. The van der Waals surface area contributed by atoms with Crippen LogP contribution >= 0.6 is 11.3 Å². The zero-order chi connectivity index (χ0) is 10.3. The maximum Gasteiger partial charge on any atom is 0.169 e. The second-order valence-corrected chi connectivity index (χ2v) is 4.70. The number of nitrogens with two attached hydrogens (primary N) is 1. The molecule has 1 aliphatic carbocycles. The quantitative estimate of drug-likeness (QED) is 0.846. The van der Waals surface area contributed by atoms with Crippen molar-refractivity contribution in [2.24, 2.45) is 0 Å². The first-order valence-corrected chi connectivity index (χ1v) is 5.80. The smallest absolute Gasteiger partial charge is 0.169 e. The van der Waals surface area contributed by atoms with Crippen molar-refractivity contribution in [1.29, 1.82) is 0 Å². The third-order valence-electron chi connectivity index (χ3n) is 2.53. The van der Waals surface area contributed by atoms with Crippen molar-refractivity contribution >= 4 is 17.2 Å². The maximum absolute atomic E-state index is 5.80. The Morgan fingerprint density at radius 2 is 2.40 bits per heavy atom. The van der Waals surface area contributed by atoms with Crippen molar-refractivity contribution in [1.82, 2.24) is 20.0 Å². The lowest BCUT2D eigenvalue weighted by Crippen LogP contribution is -2.06. The van der Waals surface area contributed by atoms with E-state index in [1.807, 2.05) is 10.1 Å². The van der Waals surface area contributed by atoms with Crippen molar-refractivity contribution in [2.45, 2.75) is 25.3 Å². The number of rotatable bonds is 3. The Morgan fingerprint density at radius 1 is 1.53 bits per heavy atom. The molecule has 0 aromatic carbocycles. The minimum atomic E-state index is 0.569. The Bertz CT molecular complexity index is 457. The van der Waals surface area contributed by atoms with Gasteiger partial charge in [-0.3, -0.25) is 0 Å². The van der Waals surface area contributed by atoms with E-state index in [1.165, 1.54) is 12.8 Å². The SMILES string of the molecule is Nc1nnn(Cc2nccs2)c1C1CC1. The largest absolute Gasteiger partial charge is 0.381 e. The van der Waals surface area contributed by atoms with E-state index in [-0.39, 0.29) is 0 Å². The predicted molar refractivity (Wildman–Crippen MR) is 57.6 cm³/mol. The third-order valence-corrected chi connectivity index (χ3v) is 3.30. The van der Waals surface area contributed by atoms with Gasteiger partial charge < -0.3 is 5.73 Å². The second-order valence-electron chi connectivity index (χ2n) is 3.72. The van der Waals surface area contributed by atoms with Gasteiger partial charge in [-0.2, -0.15) is 0 Å². The molecule has 0 spiro atoms. The zero-order valence-electron chi connectivity index (χ0n) is 8.13. The number of nitrogen functional groups attached to an aromatic ring is 1. The molecular weight excluding hydrogens is 210 g/mol. The van der Waals surface area contributed by atoms with Crippen molar-refractivity contribution in [3.8, 4) is 0 Å². The molecule has 2 heterocycles. The molecule has 0 atom stereocenters. The molecule has 1 aliphatic rings. The highest BCUT2D eigenvalue weighted by Gasteiger charge is 2.30. The first kappa shape index (κ1) is 8.84. The number of hydrogen-bond acceptors (Lipinski definition) is 5. The van der Waals surface area contributed by atoms with Gasteiger partial charge in [0, 0.05) is 17.5 Å². The van der Waals surface area contributed by atoms with E-state index in [9.17, 15) is 0 Å². The monoisotopic (exact) mass is 221 g/mol. The maximum atomic E-state index is 5.80. The summed E-state index contributed by atoms with van der Waals surface area (Å²) in [5, 5.41) is 11.0. The average Bonchev–Trinajstić information content (AvgIpc) is 2.80. The predicted octanol–water partition coefficient (Wildman–Crippen LogP) is 1.24. The normalized spacial score (nSPS) is 15.7. The topological polar surface area (TPSA) is 69.6 Å². The minimum absolute atomic E-state index is 0.569. The number of nitrogens with zero attached hydrogens (tertiary/aromatic N) is 4. The van der Waals surface area contributed by atoms with E-state index >= 15 is 0 Å². The van der Waals surface area contributed by atoms with Gasteiger partial charge >= 0.3 is 0 Å². The molecule has 0 bridgehead atoms. The molecule has 6 heteroatoms. The fraction of sp³-hybridized carbons (Fsp3) is 0.444. The number of anilines is 1. The third kappa shape index (κ3) is 1.61. The molecule has 1 fully saturated rings. The molecule has 78 valence electrons. The fourth-order valence-electron chi connectivity index (χ4n) is 1.69. The summed E-state index contributed by atoms with van der Waals surface area (Å²) in [7, 11) is 0. The van der Waals surface area contributed by atoms with E-state index in [0.29, 0.717) is 18.3 Å². The summed E-state index contributed by atoms with van der Waals surface area (Å²) >= 11 is 1.63. The molecule has 2 aromatic heterocycles. The summed E-state index contributed by atoms with van der Waals surface area (Å²) < 4.78 is 1.88. The highest BCUT2D eigenvalue weighted by molar-refractivity contribution is 7.09. The Labute approximate surface area is 90.9 Å². The van der Waals surface area contributed by atoms with Crippen LogP contribution in [0.25, 0.3) is 0 Å². The molecule has 3 rings (SSSR count). The Morgan fingerprint density at radius 3 is 3.07 bits per heavy atom. The Balaban J connectivity index is 1.91. The van der Waals surface area contributed by atoms with Gasteiger partial charge in [0.05, 0.1) is 12.2 Å². The summed E-state index contributed by atoms with van der Waals surface area (Å²) in [6.07, 6.45) is 4.21. The molecule has 5 nitrogen and oxygen atoms in total. The van der Waals surface area contributed by atoms with Crippen LogP contribution in [0, 0.1) is 0 Å². The zero-order valence-corrected chi connectivity index (χ0v) is 8.94. The van der Waals surface area contributed by atoms with E-state index < -0.39 is 0 Å².